The first-order valence-corrected chi connectivity index (χ1v) is 12.9. The maximum absolute atomic E-state index is 11.2. The van der Waals surface area contributed by atoms with Crippen molar-refractivity contribution >= 4 is 14.3 Å². The van der Waals surface area contributed by atoms with E-state index in [2.05, 4.69) is 46.0 Å². The number of hydrogen-bond acceptors (Lipinski definition) is 5. The third kappa shape index (κ3) is 7.31. The lowest BCUT2D eigenvalue weighted by atomic mass is 10.0. The van der Waals surface area contributed by atoms with Gasteiger partial charge < -0.3 is 23.8 Å². The van der Waals surface area contributed by atoms with Crippen molar-refractivity contribution in [2.45, 2.75) is 82.9 Å². The Bertz CT molecular complexity index is 582. The first kappa shape index (κ1) is 24.8. The summed E-state index contributed by atoms with van der Waals surface area (Å²) in [5, 5.41) is 11.3. The summed E-state index contributed by atoms with van der Waals surface area (Å²) in [6.07, 6.45) is 1.72. The Morgan fingerprint density at radius 2 is 1.61 bits per heavy atom. The highest BCUT2D eigenvalue weighted by atomic mass is 28.4. The largest absolute Gasteiger partial charge is 0.547 e. The highest BCUT2D eigenvalue weighted by Crippen LogP contribution is 2.41. The zero-order valence-corrected chi connectivity index (χ0v) is 19.5. The second-order valence-electron chi connectivity index (χ2n) is 8.81. The monoisotopic (exact) mass is 409 g/mol. The molecule has 0 aliphatic rings. The van der Waals surface area contributed by atoms with Gasteiger partial charge in [-0.3, -0.25) is 0 Å². The molecule has 0 radical (unpaired) electrons. The lowest BCUT2D eigenvalue weighted by Crippen LogP contribution is -2.45. The van der Waals surface area contributed by atoms with Crippen molar-refractivity contribution in [3.05, 3.63) is 35.9 Å². The lowest BCUT2D eigenvalue weighted by Gasteiger charge is -2.39. The van der Waals surface area contributed by atoms with Crippen molar-refractivity contribution in [3.8, 4) is 0 Å². The van der Waals surface area contributed by atoms with Crippen LogP contribution in [-0.4, -0.2) is 40.7 Å². The molecule has 0 fully saturated rings. The van der Waals surface area contributed by atoms with Crippen LogP contribution in [0.4, 0.5) is 0 Å². The number of carbonyl (C=O) groups excluding carboxylic acids is 1. The van der Waals surface area contributed by atoms with Crippen LogP contribution in [0, 0.1) is 0 Å². The molecule has 160 valence electrons. The zero-order valence-electron chi connectivity index (χ0n) is 18.5. The summed E-state index contributed by atoms with van der Waals surface area (Å²) in [7, 11) is 0.964. The number of methoxy groups -OCH3 is 2. The maximum atomic E-state index is 11.2. The van der Waals surface area contributed by atoms with E-state index >= 15 is 0 Å². The first-order chi connectivity index (χ1) is 13.0. The van der Waals surface area contributed by atoms with E-state index in [1.54, 1.807) is 0 Å². The summed E-state index contributed by atoms with van der Waals surface area (Å²) in [4.78, 5) is 11.2. The average Bonchev–Trinajstić information content (AvgIpc) is 2.62. The third-order valence-electron chi connectivity index (χ3n) is 5.75. The van der Waals surface area contributed by atoms with Gasteiger partial charge in [0.15, 0.2) is 8.32 Å². The fourth-order valence-corrected chi connectivity index (χ4v) is 4.28. The SMILES string of the molecule is CO[C@@H](CCCC[C@H](O[Si](C)(C)C(C)(C)C)c1ccccc1)[C@H](OC)C(=O)[O-]. The number of carboxylic acid groups (broad SMARTS) is 1. The van der Waals surface area contributed by atoms with E-state index in [0.29, 0.717) is 6.42 Å². The van der Waals surface area contributed by atoms with Gasteiger partial charge in [-0.1, -0.05) is 63.9 Å². The molecule has 0 aliphatic carbocycles. The van der Waals surface area contributed by atoms with Crippen LogP contribution < -0.4 is 5.11 Å². The number of benzene rings is 1. The number of unbranched alkanes of at least 4 members (excludes halogenated alkanes) is 1. The molecule has 5 nitrogen and oxygen atoms in total. The highest BCUT2D eigenvalue weighted by molar-refractivity contribution is 6.74. The first-order valence-electron chi connectivity index (χ1n) is 10.0. The molecule has 0 spiro atoms. The molecule has 0 unspecified atom stereocenters. The van der Waals surface area contributed by atoms with Gasteiger partial charge >= 0.3 is 0 Å². The van der Waals surface area contributed by atoms with Crippen molar-refractivity contribution in [2.24, 2.45) is 0 Å². The van der Waals surface area contributed by atoms with Crippen molar-refractivity contribution in [2.75, 3.05) is 14.2 Å². The van der Waals surface area contributed by atoms with Crippen LogP contribution in [0.15, 0.2) is 30.3 Å². The van der Waals surface area contributed by atoms with Crippen LogP contribution in [0.2, 0.25) is 18.1 Å². The Kier molecular flexibility index (Phi) is 9.84. The minimum atomic E-state index is -1.91. The molecule has 0 aliphatic heterocycles. The van der Waals surface area contributed by atoms with Gasteiger partial charge in [0.05, 0.1) is 18.2 Å². The lowest BCUT2D eigenvalue weighted by molar-refractivity contribution is -0.320. The van der Waals surface area contributed by atoms with Gasteiger partial charge in [0.25, 0.3) is 0 Å². The average molecular weight is 410 g/mol. The van der Waals surface area contributed by atoms with E-state index in [4.69, 9.17) is 13.9 Å². The molecule has 6 heteroatoms. The predicted molar refractivity (Wildman–Crippen MR) is 113 cm³/mol. The molecule has 0 N–H and O–H groups in total. The molecule has 0 amide bonds. The summed E-state index contributed by atoms with van der Waals surface area (Å²) in [5.41, 5.74) is 1.19. The van der Waals surface area contributed by atoms with Crippen LogP contribution >= 0.6 is 0 Å². The second kappa shape index (κ2) is 11.1. The minimum absolute atomic E-state index is 0.0439. The standard InChI is InChI=1S/C22H38O5Si/c1-22(2,3)28(6,7)27-18(17-13-9-8-10-14-17)15-11-12-16-19(25-4)20(26-5)21(23)24/h8-10,13-14,18-20H,11-12,15-16H2,1-7H3,(H,23,24)/p-1/t18-,19-,20-/m0/s1. The Morgan fingerprint density at radius 3 is 2.07 bits per heavy atom. The molecular weight excluding hydrogens is 372 g/mol. The van der Waals surface area contributed by atoms with Gasteiger partial charge in [-0.15, -0.1) is 0 Å². The quantitative estimate of drug-likeness (QED) is 0.384. The molecule has 0 bridgehead atoms. The predicted octanol–water partition coefficient (Wildman–Crippen LogP) is 4.09. The Morgan fingerprint density at radius 1 is 1.04 bits per heavy atom. The molecule has 3 atom stereocenters. The number of aliphatic carboxylic acids is 1. The van der Waals surface area contributed by atoms with E-state index in [9.17, 15) is 9.90 Å². The molecule has 0 saturated carbocycles. The van der Waals surface area contributed by atoms with Gasteiger partial charge in [-0.05, 0) is 36.5 Å². The zero-order chi connectivity index (χ0) is 21.4. The Balaban J connectivity index is 2.74. The Labute approximate surface area is 171 Å². The molecule has 0 saturated heterocycles. The number of carboxylic acids is 1. The number of hydrogen-bond donors (Lipinski definition) is 0. The summed E-state index contributed by atoms with van der Waals surface area (Å²) >= 11 is 0. The third-order valence-corrected chi connectivity index (χ3v) is 10.2. The van der Waals surface area contributed by atoms with Crippen LogP contribution in [0.25, 0.3) is 0 Å². The number of ether oxygens (including phenoxy) is 2. The van der Waals surface area contributed by atoms with Gasteiger partial charge in [-0.25, -0.2) is 0 Å². The van der Waals surface area contributed by atoms with Gasteiger partial charge in [-0.2, -0.15) is 0 Å². The molecular formula is C22H37O5Si-. The number of rotatable bonds is 12. The molecule has 0 aromatic heterocycles. The van der Waals surface area contributed by atoms with E-state index in [1.165, 1.54) is 19.8 Å². The molecule has 28 heavy (non-hydrogen) atoms. The summed E-state index contributed by atoms with van der Waals surface area (Å²) in [6, 6.07) is 10.3. The van der Waals surface area contributed by atoms with Crippen molar-refractivity contribution in [3.63, 3.8) is 0 Å². The molecule has 1 aromatic carbocycles. The van der Waals surface area contributed by atoms with Crippen LogP contribution in [0.1, 0.15) is 58.1 Å². The van der Waals surface area contributed by atoms with Crippen molar-refractivity contribution in [1.82, 2.24) is 0 Å². The summed E-state index contributed by atoms with van der Waals surface area (Å²) < 4.78 is 17.0. The highest BCUT2D eigenvalue weighted by Gasteiger charge is 2.39. The number of carbonyl (C=O) groups is 1. The van der Waals surface area contributed by atoms with E-state index in [0.717, 1.165) is 19.3 Å². The van der Waals surface area contributed by atoms with Crippen molar-refractivity contribution in [1.29, 1.82) is 0 Å². The van der Waals surface area contributed by atoms with Gasteiger partial charge in [0.2, 0.25) is 0 Å². The summed E-state index contributed by atoms with van der Waals surface area (Å²) in [5.74, 6) is -1.24. The summed E-state index contributed by atoms with van der Waals surface area (Å²) in [6.45, 7) is 11.3. The minimum Gasteiger partial charge on any atom is -0.547 e. The van der Waals surface area contributed by atoms with Crippen molar-refractivity contribution < 1.29 is 23.8 Å². The van der Waals surface area contributed by atoms with Crippen LogP contribution in [0.5, 0.6) is 0 Å². The fraction of sp³-hybridized carbons (Fsp3) is 0.682. The van der Waals surface area contributed by atoms with Crippen LogP contribution in [-0.2, 0) is 18.7 Å². The Hall–Kier alpha value is -1.21. The fourth-order valence-electron chi connectivity index (χ4n) is 2.96. The molecule has 0 heterocycles. The smallest absolute Gasteiger partial charge is 0.192 e. The van der Waals surface area contributed by atoms with E-state index in [1.807, 2.05) is 18.2 Å². The second-order valence-corrected chi connectivity index (χ2v) is 13.6. The van der Waals surface area contributed by atoms with Gasteiger partial charge in [0, 0.05) is 14.2 Å². The normalized spacial score (nSPS) is 15.8. The van der Waals surface area contributed by atoms with E-state index in [-0.39, 0.29) is 11.1 Å². The van der Waals surface area contributed by atoms with Crippen LogP contribution in [0.3, 0.4) is 0 Å². The topological polar surface area (TPSA) is 67.8 Å². The molecule has 1 aromatic rings. The molecule has 1 rings (SSSR count). The van der Waals surface area contributed by atoms with Gasteiger partial charge in [0.1, 0.15) is 6.10 Å². The van der Waals surface area contributed by atoms with E-state index < -0.39 is 26.5 Å². The maximum Gasteiger partial charge on any atom is 0.192 e.